The molecule has 1 aliphatic heterocycles. The first-order chi connectivity index (χ1) is 15.3. The molecule has 8 heteroatoms. The second-order valence-corrected chi connectivity index (χ2v) is 8.15. The lowest BCUT2D eigenvalue weighted by Crippen LogP contribution is -2.53. The van der Waals surface area contributed by atoms with Gasteiger partial charge in [0, 0.05) is 38.2 Å². The number of amides is 4. The number of piperidine rings is 1. The zero-order valence-electron chi connectivity index (χ0n) is 18.4. The third kappa shape index (κ3) is 6.80. The average molecular weight is 441 g/mol. The van der Waals surface area contributed by atoms with Gasteiger partial charge < -0.3 is 20.9 Å². The first-order valence-electron chi connectivity index (χ1n) is 10.7. The molecule has 0 bridgehead atoms. The Hall–Kier alpha value is -3.42. The molecular formula is C24H29FN4O3. The number of nitrogens with one attached hydrogen (secondary N) is 3. The highest BCUT2D eigenvalue weighted by molar-refractivity contribution is 5.89. The molecule has 0 unspecified atom stereocenters. The molecule has 3 rings (SSSR count). The van der Waals surface area contributed by atoms with Crippen LogP contribution in [0, 0.1) is 12.7 Å². The van der Waals surface area contributed by atoms with Crippen LogP contribution in [-0.2, 0) is 16.0 Å². The molecule has 170 valence electrons. The highest BCUT2D eigenvalue weighted by Crippen LogP contribution is 2.15. The van der Waals surface area contributed by atoms with Gasteiger partial charge in [-0.3, -0.25) is 9.59 Å². The monoisotopic (exact) mass is 440 g/mol. The molecule has 0 saturated carbocycles. The first kappa shape index (κ1) is 23.2. The normalized spacial score (nSPS) is 15.0. The summed E-state index contributed by atoms with van der Waals surface area (Å²) in [5, 5.41) is 8.44. The van der Waals surface area contributed by atoms with Crippen molar-refractivity contribution in [2.75, 3.05) is 18.4 Å². The molecule has 0 aliphatic carbocycles. The van der Waals surface area contributed by atoms with E-state index in [1.807, 2.05) is 31.2 Å². The summed E-state index contributed by atoms with van der Waals surface area (Å²) < 4.78 is 13.3. The number of aryl methyl sites for hydroxylation is 1. The first-order valence-corrected chi connectivity index (χ1v) is 10.7. The zero-order chi connectivity index (χ0) is 23.1. The van der Waals surface area contributed by atoms with Gasteiger partial charge in [-0.05, 0) is 43.5 Å². The summed E-state index contributed by atoms with van der Waals surface area (Å²) in [7, 11) is 0. The Morgan fingerprint density at radius 2 is 1.78 bits per heavy atom. The predicted octanol–water partition coefficient (Wildman–Crippen LogP) is 2.99. The fourth-order valence-electron chi connectivity index (χ4n) is 3.71. The van der Waals surface area contributed by atoms with E-state index in [0.29, 0.717) is 38.0 Å². The van der Waals surface area contributed by atoms with Crippen molar-refractivity contribution in [2.24, 2.45) is 0 Å². The Balaban J connectivity index is 1.51. The number of carbonyl (C=O) groups is 3. The minimum Gasteiger partial charge on any atom is -0.351 e. The molecule has 1 aliphatic rings. The van der Waals surface area contributed by atoms with Crippen LogP contribution in [0.15, 0.2) is 48.5 Å². The fourth-order valence-corrected chi connectivity index (χ4v) is 3.71. The summed E-state index contributed by atoms with van der Waals surface area (Å²) in [6, 6.07) is 12.6. The summed E-state index contributed by atoms with van der Waals surface area (Å²) in [6.45, 7) is 4.32. The zero-order valence-corrected chi connectivity index (χ0v) is 18.4. The maximum absolute atomic E-state index is 13.3. The Kier molecular flexibility index (Phi) is 7.81. The fraction of sp³-hybridized carbons (Fsp3) is 0.375. The largest absolute Gasteiger partial charge is 0.351 e. The van der Waals surface area contributed by atoms with E-state index in [9.17, 15) is 18.8 Å². The lowest BCUT2D eigenvalue weighted by molar-refractivity contribution is -0.128. The molecule has 0 spiro atoms. The molecule has 3 N–H and O–H groups in total. The quantitative estimate of drug-likeness (QED) is 0.645. The average Bonchev–Trinajstić information content (AvgIpc) is 2.75. The number of nitrogens with zero attached hydrogens (tertiary/aromatic N) is 1. The lowest BCUT2D eigenvalue weighted by Gasteiger charge is -2.33. The summed E-state index contributed by atoms with van der Waals surface area (Å²) >= 11 is 0. The van der Waals surface area contributed by atoms with Gasteiger partial charge >= 0.3 is 6.03 Å². The molecular weight excluding hydrogens is 411 g/mol. The molecule has 1 atom stereocenters. The second kappa shape index (κ2) is 10.7. The number of anilines is 1. The van der Waals surface area contributed by atoms with Crippen LogP contribution >= 0.6 is 0 Å². The van der Waals surface area contributed by atoms with Crippen LogP contribution in [0.1, 0.15) is 30.9 Å². The third-order valence-electron chi connectivity index (χ3n) is 5.46. The SMILES string of the molecule is CC(=O)N[C@@H](Cc1ccc(C)cc1)C(=O)NC1CCN(C(=O)Nc2cccc(F)c2)CC1. The van der Waals surface area contributed by atoms with Crippen LogP contribution < -0.4 is 16.0 Å². The number of halogens is 1. The van der Waals surface area contributed by atoms with Crippen LogP contribution in [0.2, 0.25) is 0 Å². The topological polar surface area (TPSA) is 90.5 Å². The van der Waals surface area contributed by atoms with Crippen LogP contribution in [-0.4, -0.2) is 47.9 Å². The Morgan fingerprint density at radius 1 is 1.09 bits per heavy atom. The predicted molar refractivity (Wildman–Crippen MR) is 121 cm³/mol. The van der Waals surface area contributed by atoms with Gasteiger partial charge in [-0.1, -0.05) is 35.9 Å². The van der Waals surface area contributed by atoms with Crippen LogP contribution in [0.4, 0.5) is 14.9 Å². The highest BCUT2D eigenvalue weighted by Gasteiger charge is 2.27. The number of hydrogen-bond donors (Lipinski definition) is 3. The molecule has 0 aromatic heterocycles. The highest BCUT2D eigenvalue weighted by atomic mass is 19.1. The molecule has 1 heterocycles. The van der Waals surface area contributed by atoms with Gasteiger partial charge in [0.2, 0.25) is 11.8 Å². The van der Waals surface area contributed by atoms with Gasteiger partial charge in [0.25, 0.3) is 0 Å². The summed E-state index contributed by atoms with van der Waals surface area (Å²) in [5.41, 5.74) is 2.50. The molecule has 32 heavy (non-hydrogen) atoms. The number of likely N-dealkylation sites (tertiary alicyclic amines) is 1. The molecule has 1 saturated heterocycles. The van der Waals surface area contributed by atoms with E-state index >= 15 is 0 Å². The van der Waals surface area contributed by atoms with Gasteiger partial charge in [-0.2, -0.15) is 0 Å². The van der Waals surface area contributed by atoms with Gasteiger partial charge in [0.1, 0.15) is 11.9 Å². The van der Waals surface area contributed by atoms with Crippen molar-refractivity contribution in [3.63, 3.8) is 0 Å². The smallest absolute Gasteiger partial charge is 0.321 e. The van der Waals surface area contributed by atoms with Crippen LogP contribution in [0.25, 0.3) is 0 Å². The standard InChI is InChI=1S/C24H29FN4O3/c1-16-6-8-18(9-7-16)14-22(26-17(2)30)23(31)27-20-10-12-29(13-11-20)24(32)28-21-5-3-4-19(25)15-21/h3-9,15,20,22H,10-14H2,1-2H3,(H,26,30)(H,27,31)(H,28,32)/t22-/m0/s1. The maximum Gasteiger partial charge on any atom is 0.321 e. The number of hydrogen-bond acceptors (Lipinski definition) is 3. The second-order valence-electron chi connectivity index (χ2n) is 8.15. The van der Waals surface area contributed by atoms with Crippen molar-refractivity contribution in [3.8, 4) is 0 Å². The molecule has 4 amide bonds. The van der Waals surface area contributed by atoms with Gasteiger partial charge in [0.15, 0.2) is 0 Å². The van der Waals surface area contributed by atoms with E-state index in [2.05, 4.69) is 16.0 Å². The molecule has 7 nitrogen and oxygen atoms in total. The van der Waals surface area contributed by atoms with Crippen molar-refractivity contribution in [1.29, 1.82) is 0 Å². The lowest BCUT2D eigenvalue weighted by atomic mass is 10.0. The number of benzene rings is 2. The number of urea groups is 1. The van der Waals surface area contributed by atoms with E-state index in [1.165, 1.54) is 25.1 Å². The molecule has 2 aromatic carbocycles. The van der Waals surface area contributed by atoms with Crippen LogP contribution in [0.3, 0.4) is 0 Å². The Bertz CT molecular complexity index is 956. The summed E-state index contributed by atoms with van der Waals surface area (Å²) in [5.74, 6) is -0.909. The van der Waals surface area contributed by atoms with Gasteiger partial charge in [0.05, 0.1) is 0 Å². The minimum atomic E-state index is -0.662. The van der Waals surface area contributed by atoms with E-state index < -0.39 is 11.9 Å². The molecule has 1 fully saturated rings. The van der Waals surface area contributed by atoms with Crippen LogP contribution in [0.5, 0.6) is 0 Å². The minimum absolute atomic E-state index is 0.0880. The molecule has 2 aromatic rings. The van der Waals surface area contributed by atoms with E-state index in [0.717, 1.165) is 11.1 Å². The van der Waals surface area contributed by atoms with E-state index in [-0.39, 0.29) is 23.9 Å². The van der Waals surface area contributed by atoms with Crippen molar-refractivity contribution in [3.05, 3.63) is 65.5 Å². The Labute approximate surface area is 187 Å². The molecule has 0 radical (unpaired) electrons. The Morgan fingerprint density at radius 3 is 2.41 bits per heavy atom. The summed E-state index contributed by atoms with van der Waals surface area (Å²) in [4.78, 5) is 38.5. The summed E-state index contributed by atoms with van der Waals surface area (Å²) in [6.07, 6.45) is 1.60. The maximum atomic E-state index is 13.3. The number of carbonyl (C=O) groups excluding carboxylic acids is 3. The number of rotatable bonds is 6. The van der Waals surface area contributed by atoms with Gasteiger partial charge in [-0.25, -0.2) is 9.18 Å². The van der Waals surface area contributed by atoms with Crippen molar-refractivity contribution >= 4 is 23.5 Å². The van der Waals surface area contributed by atoms with Gasteiger partial charge in [-0.15, -0.1) is 0 Å². The van der Waals surface area contributed by atoms with Crippen molar-refractivity contribution in [2.45, 2.75) is 45.2 Å². The third-order valence-corrected chi connectivity index (χ3v) is 5.46. The van der Waals surface area contributed by atoms with Crippen molar-refractivity contribution < 1.29 is 18.8 Å². The van der Waals surface area contributed by atoms with E-state index in [1.54, 1.807) is 11.0 Å². The van der Waals surface area contributed by atoms with E-state index in [4.69, 9.17) is 0 Å². The van der Waals surface area contributed by atoms with Crippen molar-refractivity contribution in [1.82, 2.24) is 15.5 Å².